The number of carbonyl (C=O) groups is 6. The minimum atomic E-state index is -1.39. The third-order valence-electron chi connectivity index (χ3n) is 14.2. The van der Waals surface area contributed by atoms with Crippen LogP contribution in [0.4, 0.5) is 0 Å². The van der Waals surface area contributed by atoms with Gasteiger partial charge in [0.15, 0.2) is 0 Å². The van der Waals surface area contributed by atoms with E-state index in [1.165, 1.54) is 0 Å². The van der Waals surface area contributed by atoms with Gasteiger partial charge >= 0.3 is 0 Å². The average Bonchev–Trinajstić information content (AvgIpc) is 4.11. The molecule has 5 heterocycles. The monoisotopic (exact) mass is 843 g/mol. The van der Waals surface area contributed by atoms with Gasteiger partial charge in [-0.15, -0.1) is 0 Å². The van der Waals surface area contributed by atoms with Gasteiger partial charge in [-0.25, -0.2) is 0 Å². The van der Waals surface area contributed by atoms with Gasteiger partial charge in [-0.3, -0.25) is 33.8 Å². The third kappa shape index (κ3) is 8.02. The Balaban J connectivity index is 1.11. The average molecular weight is 844 g/mol. The number of carbonyl (C=O) groups excluding carboxylic acids is 6. The Labute approximate surface area is 360 Å². The summed E-state index contributed by atoms with van der Waals surface area (Å²) in [7, 11) is 0. The highest BCUT2D eigenvalue weighted by Crippen LogP contribution is 2.41. The summed E-state index contributed by atoms with van der Waals surface area (Å²) >= 11 is 0. The summed E-state index contributed by atoms with van der Waals surface area (Å²) in [6, 6.07) is 13.8. The number of para-hydroxylation sites is 2. The predicted octanol–water partition coefficient (Wildman–Crippen LogP) is 2.90. The van der Waals surface area contributed by atoms with Gasteiger partial charge in [0.25, 0.3) is 0 Å². The van der Waals surface area contributed by atoms with Crippen molar-refractivity contribution < 1.29 is 28.8 Å². The molecule has 15 heteroatoms. The number of hydrogen-bond acceptors (Lipinski definition) is 8. The second kappa shape index (κ2) is 17.5. The van der Waals surface area contributed by atoms with E-state index >= 15 is 0 Å². The molecule has 6 amide bonds. The first kappa shape index (κ1) is 41.5. The number of pyridine rings is 1. The number of rotatable bonds is 6. The molecule has 7 atom stereocenters. The van der Waals surface area contributed by atoms with E-state index in [1.807, 2.05) is 66.9 Å². The lowest BCUT2D eigenvalue weighted by molar-refractivity contribution is -0.150. The number of aromatic nitrogens is 2. The zero-order chi connectivity index (χ0) is 43.0. The minimum absolute atomic E-state index is 0.00105. The molecular formula is C47H57N9O6. The number of benzene rings is 2. The highest BCUT2D eigenvalue weighted by atomic mass is 16.2. The Morgan fingerprint density at radius 3 is 2.31 bits per heavy atom. The Morgan fingerprint density at radius 2 is 1.47 bits per heavy atom. The van der Waals surface area contributed by atoms with E-state index in [0.29, 0.717) is 57.2 Å². The molecule has 15 nitrogen and oxygen atoms in total. The quantitative estimate of drug-likeness (QED) is 0.170. The van der Waals surface area contributed by atoms with Gasteiger partial charge in [0, 0.05) is 53.6 Å². The van der Waals surface area contributed by atoms with Crippen molar-refractivity contribution in [1.29, 1.82) is 0 Å². The van der Waals surface area contributed by atoms with Crippen LogP contribution >= 0.6 is 0 Å². The first-order valence-electron chi connectivity index (χ1n) is 22.6. The van der Waals surface area contributed by atoms with Gasteiger partial charge in [0.05, 0.1) is 5.52 Å². The predicted molar refractivity (Wildman–Crippen MR) is 232 cm³/mol. The van der Waals surface area contributed by atoms with E-state index in [1.54, 1.807) is 9.80 Å². The van der Waals surface area contributed by atoms with Gasteiger partial charge in [0.1, 0.15) is 35.7 Å². The molecule has 3 aliphatic heterocycles. The van der Waals surface area contributed by atoms with Crippen LogP contribution in [0.2, 0.25) is 0 Å². The number of amides is 6. The van der Waals surface area contributed by atoms with Crippen molar-refractivity contribution in [2.45, 2.75) is 132 Å². The Hall–Kier alpha value is -5.83. The molecule has 2 aliphatic carbocycles. The van der Waals surface area contributed by atoms with Gasteiger partial charge in [-0.2, -0.15) is 0 Å². The van der Waals surface area contributed by atoms with Crippen molar-refractivity contribution in [3.63, 3.8) is 0 Å². The molecule has 4 aromatic rings. The zero-order valence-electron chi connectivity index (χ0n) is 35.1. The zero-order valence-corrected chi connectivity index (χ0v) is 35.1. The number of hydrogen-bond donors (Lipinski definition) is 6. The summed E-state index contributed by atoms with van der Waals surface area (Å²) in [5.41, 5.74) is 7.64. The molecule has 0 radical (unpaired) electrons. The van der Waals surface area contributed by atoms with Crippen LogP contribution in [0.25, 0.3) is 21.8 Å². The molecule has 5 fully saturated rings. The van der Waals surface area contributed by atoms with Crippen LogP contribution < -0.4 is 27.0 Å². The Bertz CT molecular complexity index is 2380. The van der Waals surface area contributed by atoms with Crippen LogP contribution in [0.15, 0.2) is 66.9 Å². The number of nitrogens with zero attached hydrogens (tertiary/aromatic N) is 3. The highest BCUT2D eigenvalue weighted by Gasteiger charge is 2.52. The summed E-state index contributed by atoms with van der Waals surface area (Å²) in [6.45, 7) is 0.390. The van der Waals surface area contributed by atoms with E-state index in [0.717, 1.165) is 53.1 Å². The lowest BCUT2D eigenvalue weighted by Crippen LogP contribution is -2.65. The molecule has 3 saturated heterocycles. The number of nitrogens with two attached hydrogens (primary N) is 1. The van der Waals surface area contributed by atoms with Crippen LogP contribution in [0.5, 0.6) is 0 Å². The topological polar surface area (TPSA) is 212 Å². The van der Waals surface area contributed by atoms with Gasteiger partial charge in [-0.1, -0.05) is 68.1 Å². The fourth-order valence-corrected chi connectivity index (χ4v) is 11.0. The fraction of sp³-hybridized carbons (Fsp3) is 0.511. The van der Waals surface area contributed by atoms with Crippen molar-refractivity contribution >= 4 is 57.2 Å². The first-order chi connectivity index (χ1) is 30.1. The molecule has 62 heavy (non-hydrogen) atoms. The number of nitrogens with one attached hydrogen (secondary N) is 5. The first-order valence-corrected chi connectivity index (χ1v) is 22.6. The van der Waals surface area contributed by atoms with Crippen molar-refractivity contribution in [2.75, 3.05) is 13.1 Å². The SMILES string of the molecule is NCC[C@@H]1NC(=O)[C@H](Cc2ccc3ccccc3n2)NC(=O)C2(CCCC2)NC(=O)[C@H](Cc2c[nH]c3ccccc23)NC(=O)[C@H]2C[C@H]3CCCC[C@H]3N2C(=O)[C@H]2CCCN2C1=O. The molecule has 326 valence electrons. The maximum absolute atomic E-state index is 15.0. The molecule has 2 aromatic carbocycles. The van der Waals surface area contributed by atoms with Crippen molar-refractivity contribution in [1.82, 2.24) is 41.0 Å². The van der Waals surface area contributed by atoms with E-state index < -0.39 is 65.3 Å². The summed E-state index contributed by atoms with van der Waals surface area (Å²) in [6.07, 6.45) is 9.00. The van der Waals surface area contributed by atoms with E-state index in [9.17, 15) is 28.8 Å². The maximum atomic E-state index is 15.0. The van der Waals surface area contributed by atoms with Crippen LogP contribution in [0.1, 0.15) is 88.3 Å². The minimum Gasteiger partial charge on any atom is -0.361 e. The molecule has 2 saturated carbocycles. The maximum Gasteiger partial charge on any atom is 0.246 e. The van der Waals surface area contributed by atoms with E-state index in [2.05, 4.69) is 26.3 Å². The summed E-state index contributed by atoms with van der Waals surface area (Å²) < 4.78 is 0. The van der Waals surface area contributed by atoms with Gasteiger partial charge in [0.2, 0.25) is 35.4 Å². The molecular weight excluding hydrogens is 787 g/mol. The molecule has 9 rings (SSSR count). The Morgan fingerprint density at radius 1 is 0.710 bits per heavy atom. The van der Waals surface area contributed by atoms with Gasteiger partial charge in [-0.05, 0) is 87.6 Å². The van der Waals surface area contributed by atoms with Crippen molar-refractivity contribution in [2.24, 2.45) is 11.7 Å². The normalized spacial score (nSPS) is 28.5. The molecule has 0 unspecified atom stereocenters. The summed E-state index contributed by atoms with van der Waals surface area (Å²) in [4.78, 5) is 100.0. The van der Waals surface area contributed by atoms with E-state index in [4.69, 9.17) is 10.7 Å². The van der Waals surface area contributed by atoms with E-state index in [-0.39, 0.29) is 43.7 Å². The van der Waals surface area contributed by atoms with Crippen LogP contribution in [0.3, 0.4) is 0 Å². The number of H-pyrrole nitrogens is 1. The summed E-state index contributed by atoms with van der Waals surface area (Å²) in [5.74, 6) is -2.67. The van der Waals surface area contributed by atoms with Crippen molar-refractivity contribution in [3.8, 4) is 0 Å². The summed E-state index contributed by atoms with van der Waals surface area (Å²) in [5, 5.41) is 13.9. The second-order valence-corrected chi connectivity index (χ2v) is 18.1. The number of fused-ring (bicyclic) bond motifs is 6. The Kier molecular flexibility index (Phi) is 11.7. The highest BCUT2D eigenvalue weighted by molar-refractivity contribution is 6.00. The molecule has 5 aliphatic rings. The standard InChI is InChI=1S/C47H57N9O6/c48-22-19-35-44(60)55-23-9-16-39(55)45(61)56-38-15-6-2-11-29(38)25-40(56)43(59)52-36(24-30-27-49-34-14-5-3-12-32(30)34)42(58)54-47(20-7-8-21-47)46(62)53-37(41(57)51-35)26-31-18-17-28-10-1-4-13-33(28)50-31/h1,3-5,10,12-14,17-18,27,29,35-40,49H,2,6-9,11,15-16,19-26,48H2,(H,51,57)(H,52,59)(H,53,62)(H,54,58)/t29-,35+,36+,37+,38-,39-,40-/m1/s1. The van der Waals surface area contributed by atoms with Crippen molar-refractivity contribution in [3.05, 3.63) is 78.1 Å². The van der Waals surface area contributed by atoms with Crippen LogP contribution in [0, 0.1) is 5.92 Å². The molecule has 7 N–H and O–H groups in total. The lowest BCUT2D eigenvalue weighted by Gasteiger charge is -2.38. The molecule has 2 aromatic heterocycles. The molecule has 0 bridgehead atoms. The van der Waals surface area contributed by atoms with Crippen LogP contribution in [-0.4, -0.2) is 110 Å². The second-order valence-electron chi connectivity index (χ2n) is 18.1. The van der Waals surface area contributed by atoms with Gasteiger partial charge < -0.3 is 41.8 Å². The lowest BCUT2D eigenvalue weighted by atomic mass is 9.84. The third-order valence-corrected chi connectivity index (χ3v) is 14.2. The molecule has 1 spiro atoms. The largest absolute Gasteiger partial charge is 0.361 e. The van der Waals surface area contributed by atoms with Crippen LogP contribution in [-0.2, 0) is 41.6 Å². The smallest absolute Gasteiger partial charge is 0.246 e. The number of aromatic amines is 1. The fourth-order valence-electron chi connectivity index (χ4n) is 11.0.